The van der Waals surface area contributed by atoms with Gasteiger partial charge in [-0.3, -0.25) is 0 Å². The predicted molar refractivity (Wildman–Crippen MR) is 105 cm³/mol. The molecule has 142 valence electrons. The third kappa shape index (κ3) is 3.96. The minimum atomic E-state index is -0.285. The summed E-state index contributed by atoms with van der Waals surface area (Å²) in [5.74, 6) is 1.81. The molecule has 2 heterocycles. The average molecular weight is 395 g/mol. The second-order valence-corrected chi connectivity index (χ2v) is 7.48. The average Bonchev–Trinajstić information content (AvgIpc) is 3.36. The van der Waals surface area contributed by atoms with Crippen molar-refractivity contribution in [2.45, 2.75) is 30.7 Å². The number of nitrogens with zero attached hydrogens (tertiary/aromatic N) is 5. The smallest absolute Gasteiger partial charge is 0.214 e. The van der Waals surface area contributed by atoms with Crippen molar-refractivity contribution in [3.8, 4) is 17.0 Å². The van der Waals surface area contributed by atoms with Crippen LogP contribution in [0.25, 0.3) is 17.0 Å². The third-order valence-electron chi connectivity index (χ3n) is 4.25. The van der Waals surface area contributed by atoms with Gasteiger partial charge < -0.3 is 4.42 Å². The Morgan fingerprint density at radius 2 is 1.82 bits per heavy atom. The fraction of sp³-hybridized carbons (Fsp3) is 0.200. The zero-order valence-electron chi connectivity index (χ0n) is 15.4. The van der Waals surface area contributed by atoms with Gasteiger partial charge >= 0.3 is 0 Å². The Morgan fingerprint density at radius 3 is 2.54 bits per heavy atom. The van der Waals surface area contributed by atoms with Crippen molar-refractivity contribution in [1.82, 2.24) is 25.2 Å². The molecule has 0 spiro atoms. The number of halogens is 1. The first kappa shape index (κ1) is 18.4. The summed E-state index contributed by atoms with van der Waals surface area (Å²) in [5.41, 5.74) is 2.94. The molecule has 0 aliphatic heterocycles. The Kier molecular flexibility index (Phi) is 5.21. The summed E-state index contributed by atoms with van der Waals surface area (Å²) in [5, 5.41) is 12.6. The molecule has 0 N–H and O–H groups in total. The van der Waals surface area contributed by atoms with E-state index in [1.54, 1.807) is 23.0 Å². The van der Waals surface area contributed by atoms with E-state index in [0.29, 0.717) is 28.5 Å². The van der Waals surface area contributed by atoms with Crippen molar-refractivity contribution in [1.29, 1.82) is 0 Å². The van der Waals surface area contributed by atoms with E-state index in [1.165, 1.54) is 29.5 Å². The summed E-state index contributed by atoms with van der Waals surface area (Å²) in [6, 6.07) is 14.3. The van der Waals surface area contributed by atoms with E-state index in [0.717, 1.165) is 11.3 Å². The van der Waals surface area contributed by atoms with Crippen LogP contribution in [0.15, 0.2) is 64.3 Å². The Labute approximate surface area is 165 Å². The molecule has 0 unspecified atom stereocenters. The number of aromatic nitrogens is 5. The van der Waals surface area contributed by atoms with E-state index < -0.39 is 0 Å². The van der Waals surface area contributed by atoms with Gasteiger partial charge in [0, 0.05) is 5.56 Å². The van der Waals surface area contributed by atoms with Crippen LogP contribution >= 0.6 is 11.8 Å². The SMILES string of the molecule is CC(C)c1ccc(-n2nnnc2SCc2ncc(-c3ccc(F)cc3)o2)cc1. The van der Waals surface area contributed by atoms with Crippen LogP contribution in [0.2, 0.25) is 0 Å². The summed E-state index contributed by atoms with van der Waals surface area (Å²) < 4.78 is 20.5. The number of hydrogen-bond acceptors (Lipinski definition) is 6. The number of thioether (sulfide) groups is 1. The number of benzene rings is 2. The van der Waals surface area contributed by atoms with E-state index in [-0.39, 0.29) is 5.82 Å². The minimum Gasteiger partial charge on any atom is -0.440 e. The highest BCUT2D eigenvalue weighted by molar-refractivity contribution is 7.98. The van der Waals surface area contributed by atoms with Gasteiger partial charge in [-0.1, -0.05) is 37.7 Å². The molecule has 0 saturated heterocycles. The van der Waals surface area contributed by atoms with Gasteiger partial charge in [-0.05, 0) is 58.3 Å². The molecule has 0 saturated carbocycles. The van der Waals surface area contributed by atoms with Gasteiger partial charge in [0.1, 0.15) is 5.82 Å². The van der Waals surface area contributed by atoms with Crippen LogP contribution in [0.3, 0.4) is 0 Å². The van der Waals surface area contributed by atoms with Gasteiger partial charge in [0.25, 0.3) is 0 Å². The lowest BCUT2D eigenvalue weighted by molar-refractivity contribution is 0.529. The van der Waals surface area contributed by atoms with Crippen LogP contribution in [-0.4, -0.2) is 25.2 Å². The van der Waals surface area contributed by atoms with Crippen LogP contribution in [0.4, 0.5) is 4.39 Å². The van der Waals surface area contributed by atoms with Crippen molar-refractivity contribution < 1.29 is 8.81 Å². The largest absolute Gasteiger partial charge is 0.440 e. The first-order valence-electron chi connectivity index (χ1n) is 8.82. The topological polar surface area (TPSA) is 69.6 Å². The van der Waals surface area contributed by atoms with Crippen LogP contribution in [-0.2, 0) is 5.75 Å². The molecule has 2 aromatic carbocycles. The maximum atomic E-state index is 13.1. The fourth-order valence-corrected chi connectivity index (χ4v) is 3.43. The number of oxazole rings is 1. The zero-order chi connectivity index (χ0) is 19.5. The second-order valence-electron chi connectivity index (χ2n) is 6.53. The van der Waals surface area contributed by atoms with Gasteiger partial charge in [0.05, 0.1) is 17.6 Å². The molecule has 0 fully saturated rings. The fourth-order valence-electron chi connectivity index (χ4n) is 2.68. The molecule has 8 heteroatoms. The second kappa shape index (κ2) is 7.93. The summed E-state index contributed by atoms with van der Waals surface area (Å²) in [4.78, 5) is 4.29. The Hall–Kier alpha value is -3.00. The standard InChI is InChI=1S/C20H18FN5OS/c1-13(2)14-5-9-17(10-6-14)26-20(23-24-25-26)28-12-19-22-11-18(27-19)15-3-7-16(21)8-4-15/h3-11,13H,12H2,1-2H3. The minimum absolute atomic E-state index is 0.285. The summed E-state index contributed by atoms with van der Waals surface area (Å²) in [7, 11) is 0. The Morgan fingerprint density at radius 1 is 1.07 bits per heavy atom. The maximum absolute atomic E-state index is 13.1. The Bertz CT molecular complexity index is 1060. The molecule has 0 aliphatic rings. The van der Waals surface area contributed by atoms with E-state index >= 15 is 0 Å². The predicted octanol–water partition coefficient (Wildman–Crippen LogP) is 4.87. The van der Waals surface area contributed by atoms with E-state index in [2.05, 4.69) is 46.5 Å². The molecule has 0 radical (unpaired) electrons. The van der Waals surface area contributed by atoms with Crippen molar-refractivity contribution in [3.63, 3.8) is 0 Å². The molecular weight excluding hydrogens is 377 g/mol. The van der Waals surface area contributed by atoms with Gasteiger partial charge in [-0.15, -0.1) is 5.10 Å². The highest BCUT2D eigenvalue weighted by Gasteiger charge is 2.13. The molecule has 4 aromatic rings. The normalized spacial score (nSPS) is 11.3. The maximum Gasteiger partial charge on any atom is 0.214 e. The van der Waals surface area contributed by atoms with E-state index in [4.69, 9.17) is 4.42 Å². The Balaban J connectivity index is 1.46. The highest BCUT2D eigenvalue weighted by Crippen LogP contribution is 2.26. The van der Waals surface area contributed by atoms with Crippen LogP contribution in [0.5, 0.6) is 0 Å². The summed E-state index contributed by atoms with van der Waals surface area (Å²) >= 11 is 1.43. The first-order chi connectivity index (χ1) is 13.6. The molecule has 0 atom stereocenters. The number of tetrazole rings is 1. The summed E-state index contributed by atoms with van der Waals surface area (Å²) in [6.07, 6.45) is 1.64. The number of hydrogen-bond donors (Lipinski definition) is 0. The van der Waals surface area contributed by atoms with Gasteiger partial charge in [0.2, 0.25) is 11.0 Å². The molecule has 0 aliphatic carbocycles. The molecule has 0 bridgehead atoms. The summed E-state index contributed by atoms with van der Waals surface area (Å²) in [6.45, 7) is 4.31. The molecular formula is C20H18FN5OS. The van der Waals surface area contributed by atoms with Gasteiger partial charge in [-0.25, -0.2) is 9.37 Å². The van der Waals surface area contributed by atoms with Crippen LogP contribution < -0.4 is 0 Å². The third-order valence-corrected chi connectivity index (χ3v) is 5.16. The van der Waals surface area contributed by atoms with Crippen molar-refractivity contribution in [2.75, 3.05) is 0 Å². The number of rotatable bonds is 6. The van der Waals surface area contributed by atoms with Crippen molar-refractivity contribution in [2.24, 2.45) is 0 Å². The molecule has 6 nitrogen and oxygen atoms in total. The molecule has 2 aromatic heterocycles. The lowest BCUT2D eigenvalue weighted by atomic mass is 10.0. The van der Waals surface area contributed by atoms with Crippen molar-refractivity contribution in [3.05, 3.63) is 72.0 Å². The van der Waals surface area contributed by atoms with Gasteiger partial charge in [-0.2, -0.15) is 4.68 Å². The monoisotopic (exact) mass is 395 g/mol. The van der Waals surface area contributed by atoms with Crippen LogP contribution in [0, 0.1) is 5.82 Å². The van der Waals surface area contributed by atoms with Crippen molar-refractivity contribution >= 4 is 11.8 Å². The molecule has 0 amide bonds. The van der Waals surface area contributed by atoms with E-state index in [1.807, 2.05) is 12.1 Å². The highest BCUT2D eigenvalue weighted by atomic mass is 32.2. The van der Waals surface area contributed by atoms with Gasteiger partial charge in [0.15, 0.2) is 5.76 Å². The molecule has 28 heavy (non-hydrogen) atoms. The lowest BCUT2D eigenvalue weighted by Crippen LogP contribution is -2.00. The van der Waals surface area contributed by atoms with Crippen LogP contribution in [0.1, 0.15) is 31.2 Å². The quantitative estimate of drug-likeness (QED) is 0.434. The lowest BCUT2D eigenvalue weighted by Gasteiger charge is -2.07. The first-order valence-corrected chi connectivity index (χ1v) is 9.81. The zero-order valence-corrected chi connectivity index (χ0v) is 16.2. The van der Waals surface area contributed by atoms with E-state index in [9.17, 15) is 4.39 Å². The molecule has 4 rings (SSSR count).